The average molecular weight is 677 g/mol. The summed E-state index contributed by atoms with van der Waals surface area (Å²) in [5.41, 5.74) is 1.25. The van der Waals surface area contributed by atoms with E-state index < -0.39 is 28.6 Å². The first-order chi connectivity index (χ1) is 21.9. The molecule has 0 spiro atoms. The quantitative estimate of drug-likeness (QED) is 0.219. The molecule has 1 atom stereocenters. The Morgan fingerprint density at radius 2 is 1.96 bits per heavy atom. The van der Waals surface area contributed by atoms with Crippen LogP contribution in [-0.2, 0) is 25.7 Å². The van der Waals surface area contributed by atoms with E-state index in [1.54, 1.807) is 12.1 Å². The number of halogens is 3. The van der Waals surface area contributed by atoms with E-state index in [-0.39, 0.29) is 48.1 Å². The van der Waals surface area contributed by atoms with Crippen molar-refractivity contribution in [3.8, 4) is 23.7 Å². The fraction of sp³-hybridized carbons (Fsp3) is 0.419. The Bertz CT molecular complexity index is 1800. The van der Waals surface area contributed by atoms with Crippen molar-refractivity contribution in [3.63, 3.8) is 0 Å². The van der Waals surface area contributed by atoms with Gasteiger partial charge in [-0.25, -0.2) is 13.2 Å². The van der Waals surface area contributed by atoms with Crippen molar-refractivity contribution in [2.24, 2.45) is 0 Å². The van der Waals surface area contributed by atoms with Crippen molar-refractivity contribution in [2.45, 2.75) is 42.5 Å². The van der Waals surface area contributed by atoms with Crippen molar-refractivity contribution >= 4 is 48.8 Å². The lowest BCUT2D eigenvalue weighted by Gasteiger charge is -2.33. The van der Waals surface area contributed by atoms with Gasteiger partial charge in [-0.1, -0.05) is 24.0 Å². The normalized spacial score (nSPS) is 17.5. The molecule has 2 N–H and O–H groups in total. The number of nitrogens with zero attached hydrogens (tertiary/aromatic N) is 2. The predicted molar refractivity (Wildman–Crippen MR) is 167 cm³/mol. The van der Waals surface area contributed by atoms with Crippen LogP contribution in [0.1, 0.15) is 23.3 Å². The van der Waals surface area contributed by atoms with Crippen LogP contribution in [0.25, 0.3) is 10.1 Å². The van der Waals surface area contributed by atoms with Crippen LogP contribution in [-0.4, -0.2) is 83.4 Å². The monoisotopic (exact) mass is 676 g/mol. The van der Waals surface area contributed by atoms with Crippen LogP contribution in [0.4, 0.5) is 29.3 Å². The highest BCUT2D eigenvalue weighted by Gasteiger charge is 2.32. The van der Waals surface area contributed by atoms with Gasteiger partial charge in [-0.2, -0.15) is 18.4 Å². The Hall–Kier alpha value is -4.18. The molecule has 0 bridgehead atoms. The molecule has 2 aromatic carbocycles. The molecule has 244 valence electrons. The number of cyclic esters (lactones) is 2. The number of nitrogens with one attached hydrogen (secondary N) is 2. The minimum absolute atomic E-state index is 0.0144. The Balaban J connectivity index is 1.31. The van der Waals surface area contributed by atoms with Crippen molar-refractivity contribution in [1.82, 2.24) is 4.90 Å². The SMILES string of the molecule is CS(=O)(=O)c1ccc(NCC#Cc2sc3c(NC4CCN(CC5COC(=O)O5)CC4)cccc3c2CC(F)(F)F)c(OCC#N)c1. The maximum absolute atomic E-state index is 13.7. The molecule has 2 aliphatic rings. The molecule has 2 saturated heterocycles. The molecule has 0 saturated carbocycles. The summed E-state index contributed by atoms with van der Waals surface area (Å²) in [6.45, 7) is 2.10. The Morgan fingerprint density at radius 3 is 2.63 bits per heavy atom. The second kappa shape index (κ2) is 14.1. The standard InChI is InChI=1S/C31H31F3N4O6S2/c1-46(40,41)22-7-8-25(27(16-22)42-15-11-35)36-12-3-6-28-24(17-31(32,33)34)23-4-2-5-26(29(23)45-28)37-20-9-13-38(14-10-20)18-21-19-43-30(39)44-21/h2,4-5,7-8,16,20-21,36-37H,9-10,12-15,17-19H2,1H3. The van der Waals surface area contributed by atoms with Gasteiger partial charge in [-0.05, 0) is 42.0 Å². The lowest BCUT2D eigenvalue weighted by atomic mass is 10.0. The van der Waals surface area contributed by atoms with Gasteiger partial charge in [0.2, 0.25) is 0 Å². The van der Waals surface area contributed by atoms with Gasteiger partial charge in [0.1, 0.15) is 18.4 Å². The summed E-state index contributed by atoms with van der Waals surface area (Å²) >= 11 is 1.20. The molecule has 1 aromatic heterocycles. The third kappa shape index (κ3) is 8.54. The molecule has 15 heteroatoms. The van der Waals surface area contributed by atoms with E-state index in [4.69, 9.17) is 19.5 Å². The van der Waals surface area contributed by atoms with Crippen LogP contribution in [0.3, 0.4) is 0 Å². The van der Waals surface area contributed by atoms with E-state index in [9.17, 15) is 26.4 Å². The number of likely N-dealkylation sites (tertiary alicyclic amines) is 1. The molecule has 2 fully saturated rings. The number of carbonyl (C=O) groups excluding carboxylic acids is 1. The smallest absolute Gasteiger partial charge is 0.477 e. The maximum Gasteiger partial charge on any atom is 0.508 e. The van der Waals surface area contributed by atoms with Crippen molar-refractivity contribution in [1.29, 1.82) is 5.26 Å². The molecular formula is C31H31F3N4O6S2. The number of piperidine rings is 1. The first kappa shape index (κ1) is 33.2. The zero-order chi connectivity index (χ0) is 32.9. The number of alkyl halides is 3. The van der Waals surface area contributed by atoms with E-state index in [1.807, 2.05) is 12.1 Å². The third-order valence-electron chi connectivity index (χ3n) is 7.50. The molecule has 1 unspecified atom stereocenters. The minimum Gasteiger partial charge on any atom is -0.477 e. The number of anilines is 2. The molecule has 0 aliphatic carbocycles. The summed E-state index contributed by atoms with van der Waals surface area (Å²) in [6, 6.07) is 11.4. The summed E-state index contributed by atoms with van der Waals surface area (Å²) < 4.78 is 81.0. The summed E-state index contributed by atoms with van der Waals surface area (Å²) in [6.07, 6.45) is -3.82. The summed E-state index contributed by atoms with van der Waals surface area (Å²) in [4.78, 5) is 13.7. The van der Waals surface area contributed by atoms with Crippen LogP contribution in [0.5, 0.6) is 5.75 Å². The molecule has 0 amide bonds. The molecule has 10 nitrogen and oxygen atoms in total. The highest BCUT2D eigenvalue weighted by atomic mass is 32.2. The number of fused-ring (bicyclic) bond motifs is 1. The van der Waals surface area contributed by atoms with Crippen LogP contribution in [0, 0.1) is 23.2 Å². The molecule has 3 heterocycles. The second-order valence-electron chi connectivity index (χ2n) is 10.9. The number of nitriles is 1. The van der Waals surface area contributed by atoms with Crippen LogP contribution < -0.4 is 15.4 Å². The molecule has 2 aliphatic heterocycles. The van der Waals surface area contributed by atoms with Gasteiger partial charge in [0.05, 0.1) is 38.8 Å². The Kier molecular flexibility index (Phi) is 10.2. The van der Waals surface area contributed by atoms with Gasteiger partial charge in [-0.15, -0.1) is 11.3 Å². The van der Waals surface area contributed by atoms with Gasteiger partial charge >= 0.3 is 12.3 Å². The van der Waals surface area contributed by atoms with Gasteiger partial charge in [0.25, 0.3) is 0 Å². The predicted octanol–water partition coefficient (Wildman–Crippen LogP) is 5.19. The van der Waals surface area contributed by atoms with Crippen molar-refractivity contribution in [3.05, 3.63) is 46.8 Å². The zero-order valence-corrected chi connectivity index (χ0v) is 26.4. The zero-order valence-electron chi connectivity index (χ0n) is 24.8. The average Bonchev–Trinajstić information content (AvgIpc) is 3.57. The van der Waals surface area contributed by atoms with Gasteiger partial charge in [-0.3, -0.25) is 4.90 Å². The lowest BCUT2D eigenvalue weighted by molar-refractivity contribution is -0.126. The van der Waals surface area contributed by atoms with E-state index in [0.717, 1.165) is 37.9 Å². The largest absolute Gasteiger partial charge is 0.508 e. The number of carbonyl (C=O) groups is 1. The molecular weight excluding hydrogens is 645 g/mol. The number of thiophene rings is 1. The molecule has 3 aromatic rings. The van der Waals surface area contributed by atoms with E-state index in [0.29, 0.717) is 27.2 Å². The third-order valence-corrected chi connectivity index (χ3v) is 9.80. The lowest BCUT2D eigenvalue weighted by Crippen LogP contribution is -2.43. The fourth-order valence-corrected chi connectivity index (χ4v) is 7.16. The van der Waals surface area contributed by atoms with E-state index in [2.05, 4.69) is 27.4 Å². The maximum atomic E-state index is 13.7. The first-order valence-electron chi connectivity index (χ1n) is 14.4. The van der Waals surface area contributed by atoms with Gasteiger partial charge in [0.15, 0.2) is 22.5 Å². The second-order valence-corrected chi connectivity index (χ2v) is 14.0. The van der Waals surface area contributed by atoms with Gasteiger partial charge < -0.3 is 24.8 Å². The number of hydrogen-bond donors (Lipinski definition) is 2. The number of sulfone groups is 1. The van der Waals surface area contributed by atoms with Crippen LogP contribution >= 0.6 is 11.3 Å². The van der Waals surface area contributed by atoms with E-state index in [1.165, 1.54) is 29.5 Å². The summed E-state index contributed by atoms with van der Waals surface area (Å²) in [7, 11) is -3.52. The molecule has 5 rings (SSSR count). The summed E-state index contributed by atoms with van der Waals surface area (Å²) in [5.74, 6) is 5.93. The Morgan fingerprint density at radius 1 is 1.17 bits per heavy atom. The highest BCUT2D eigenvalue weighted by molar-refractivity contribution is 7.90. The fourth-order valence-electron chi connectivity index (χ4n) is 5.36. The molecule has 46 heavy (non-hydrogen) atoms. The van der Waals surface area contributed by atoms with Crippen molar-refractivity contribution in [2.75, 3.05) is 56.3 Å². The first-order valence-corrected chi connectivity index (χ1v) is 17.1. The van der Waals surface area contributed by atoms with Crippen LogP contribution in [0.2, 0.25) is 0 Å². The topological polar surface area (TPSA) is 130 Å². The Labute approximate surface area is 268 Å². The number of benzene rings is 2. The van der Waals surface area contributed by atoms with Gasteiger partial charge in [0, 0.05) is 38.0 Å². The minimum atomic E-state index is -4.44. The number of ether oxygens (including phenoxy) is 3. The van der Waals surface area contributed by atoms with Crippen molar-refractivity contribution < 1.29 is 40.6 Å². The molecule has 0 radical (unpaired) electrons. The highest BCUT2D eigenvalue weighted by Crippen LogP contribution is 2.39. The van der Waals surface area contributed by atoms with E-state index >= 15 is 0 Å². The van der Waals surface area contributed by atoms with Crippen LogP contribution in [0.15, 0.2) is 41.3 Å². The summed E-state index contributed by atoms with van der Waals surface area (Å²) in [5, 5.41) is 15.9. The number of hydrogen-bond acceptors (Lipinski definition) is 11. The number of rotatable bonds is 10.